The molecule has 3 unspecified atom stereocenters. The summed E-state index contributed by atoms with van der Waals surface area (Å²) in [5.74, 6) is -0.355. The number of carbonyl (C=O) groups is 1. The summed E-state index contributed by atoms with van der Waals surface area (Å²) < 4.78 is 11.1. The van der Waals surface area contributed by atoms with Gasteiger partial charge in [-0.05, 0) is 83.6 Å². The van der Waals surface area contributed by atoms with E-state index in [9.17, 15) is 30.3 Å². The van der Waals surface area contributed by atoms with Gasteiger partial charge in [-0.1, -0.05) is 71.1 Å². The predicted octanol–water partition coefficient (Wildman–Crippen LogP) is 6.03. The van der Waals surface area contributed by atoms with Gasteiger partial charge in [-0.15, -0.1) is 0 Å². The molecule has 0 saturated carbocycles. The van der Waals surface area contributed by atoms with Gasteiger partial charge in [-0.3, -0.25) is 0 Å². The van der Waals surface area contributed by atoms with Crippen molar-refractivity contribution in [3.8, 4) is 0 Å². The first kappa shape index (κ1) is 38.2. The summed E-state index contributed by atoms with van der Waals surface area (Å²) in [6.07, 6.45) is 18.0. The minimum Gasteiger partial charge on any atom is -0.455 e. The van der Waals surface area contributed by atoms with Gasteiger partial charge in [-0.25, -0.2) is 4.79 Å². The highest BCUT2D eigenvalue weighted by Crippen LogP contribution is 2.28. The second kappa shape index (κ2) is 22.5. The highest BCUT2D eigenvalue weighted by Gasteiger charge is 2.34. The van der Waals surface area contributed by atoms with Crippen LogP contribution < -0.4 is 0 Å². The Morgan fingerprint density at radius 1 is 0.651 bits per heavy atom. The summed E-state index contributed by atoms with van der Waals surface area (Å²) in [6.45, 7) is 4.04. The van der Waals surface area contributed by atoms with Crippen LogP contribution in [0, 0.1) is 0 Å². The number of ether oxygens (including phenoxy) is 2. The number of cyclic esters (lactones) is 1. The van der Waals surface area contributed by atoms with Gasteiger partial charge in [0.05, 0.1) is 42.7 Å². The van der Waals surface area contributed by atoms with E-state index in [1.807, 2.05) is 0 Å². The third kappa shape index (κ3) is 16.7. The maximum absolute atomic E-state index is 11.7. The maximum Gasteiger partial charge on any atom is 0.334 e. The lowest BCUT2D eigenvalue weighted by Gasteiger charge is -2.23. The van der Waals surface area contributed by atoms with Gasteiger partial charge >= 0.3 is 5.97 Å². The molecule has 0 radical (unpaired) electrons. The number of rotatable bonds is 26. The zero-order valence-electron chi connectivity index (χ0n) is 27.2. The fraction of sp³-hybridized carbons (Fsp3) is 0.914. The average Bonchev–Trinajstić information content (AvgIpc) is 3.59. The van der Waals surface area contributed by atoms with Crippen molar-refractivity contribution in [3.05, 3.63) is 11.6 Å². The van der Waals surface area contributed by atoms with Crippen molar-refractivity contribution in [2.24, 2.45) is 0 Å². The number of unbranched alkanes of at least 4 members (excludes halogenated alkanes) is 9. The Balaban J connectivity index is 1.45. The molecular weight excluding hydrogens is 548 g/mol. The Kier molecular flexibility index (Phi) is 19.9. The number of aliphatic hydroxyl groups is 5. The third-order valence-corrected chi connectivity index (χ3v) is 9.19. The first-order valence-corrected chi connectivity index (χ1v) is 17.7. The Morgan fingerprint density at radius 2 is 1.14 bits per heavy atom. The molecular formula is C35H64O8. The van der Waals surface area contributed by atoms with Crippen molar-refractivity contribution in [1.82, 2.24) is 0 Å². The molecule has 0 spiro atoms. The largest absolute Gasteiger partial charge is 0.455 e. The average molecular weight is 613 g/mol. The Hall–Kier alpha value is -1.03. The third-order valence-electron chi connectivity index (χ3n) is 9.19. The normalized spacial score (nSPS) is 24.0. The zero-order chi connectivity index (χ0) is 31.5. The summed E-state index contributed by atoms with van der Waals surface area (Å²) in [4.78, 5) is 11.7. The molecule has 0 aromatic rings. The molecule has 5 N–H and O–H groups in total. The van der Waals surface area contributed by atoms with Crippen molar-refractivity contribution in [1.29, 1.82) is 0 Å². The minimum atomic E-state index is -0.647. The van der Waals surface area contributed by atoms with E-state index in [0.717, 1.165) is 32.1 Å². The summed E-state index contributed by atoms with van der Waals surface area (Å²) in [5, 5.41) is 52.1. The van der Waals surface area contributed by atoms with Crippen molar-refractivity contribution >= 4 is 5.97 Å². The fourth-order valence-electron chi connectivity index (χ4n) is 6.44. The second-order valence-corrected chi connectivity index (χ2v) is 13.3. The molecule has 2 aliphatic rings. The van der Waals surface area contributed by atoms with Crippen LogP contribution in [0.2, 0.25) is 0 Å². The molecule has 0 aliphatic carbocycles. The van der Waals surface area contributed by atoms with Gasteiger partial charge in [0.2, 0.25) is 0 Å². The van der Waals surface area contributed by atoms with Gasteiger partial charge in [0.1, 0.15) is 6.10 Å². The van der Waals surface area contributed by atoms with Gasteiger partial charge in [0.15, 0.2) is 0 Å². The molecule has 2 rings (SSSR count). The van der Waals surface area contributed by atoms with Crippen LogP contribution in [-0.4, -0.2) is 80.3 Å². The van der Waals surface area contributed by atoms with Crippen LogP contribution >= 0.6 is 0 Å². The highest BCUT2D eigenvalue weighted by molar-refractivity contribution is 5.90. The van der Waals surface area contributed by atoms with Crippen LogP contribution in [0.25, 0.3) is 0 Å². The smallest absolute Gasteiger partial charge is 0.334 e. The van der Waals surface area contributed by atoms with Crippen LogP contribution in [0.15, 0.2) is 11.6 Å². The van der Waals surface area contributed by atoms with Gasteiger partial charge in [-0.2, -0.15) is 0 Å². The monoisotopic (exact) mass is 612 g/mol. The van der Waals surface area contributed by atoms with E-state index < -0.39 is 30.5 Å². The SMILES string of the molecule is CCCCCCCCCCCC[C@H](O)[C@@H]1CC[C@@H]([C@@H](O)CCC(O)CCCC(O)CCCC(O)CC2=C[C@H](C)OC2=O)O1. The number of aliphatic hydroxyl groups excluding tert-OH is 5. The lowest BCUT2D eigenvalue weighted by Crippen LogP contribution is -2.31. The molecule has 0 amide bonds. The highest BCUT2D eigenvalue weighted by atomic mass is 16.5. The van der Waals surface area contributed by atoms with E-state index in [4.69, 9.17) is 9.47 Å². The van der Waals surface area contributed by atoms with Gasteiger partial charge < -0.3 is 35.0 Å². The fourth-order valence-corrected chi connectivity index (χ4v) is 6.44. The van der Waals surface area contributed by atoms with Crippen molar-refractivity contribution < 1.29 is 39.8 Å². The van der Waals surface area contributed by atoms with E-state index in [1.54, 1.807) is 13.0 Å². The van der Waals surface area contributed by atoms with E-state index >= 15 is 0 Å². The molecule has 8 atom stereocenters. The molecule has 8 nitrogen and oxygen atoms in total. The minimum absolute atomic E-state index is 0.203. The summed E-state index contributed by atoms with van der Waals surface area (Å²) >= 11 is 0. The second-order valence-electron chi connectivity index (χ2n) is 13.3. The van der Waals surface area contributed by atoms with Crippen molar-refractivity contribution in [2.45, 2.75) is 204 Å². The number of carbonyl (C=O) groups excluding carboxylic acids is 1. The molecule has 0 bridgehead atoms. The van der Waals surface area contributed by atoms with Crippen LogP contribution in [0.4, 0.5) is 0 Å². The number of hydrogen-bond acceptors (Lipinski definition) is 8. The van der Waals surface area contributed by atoms with Gasteiger partial charge in [0.25, 0.3) is 0 Å². The molecule has 0 aromatic carbocycles. The standard InChI is InChI=1S/C35H64O8/c1-3-4-5-6-7-8-9-10-11-12-19-31(39)33-22-23-34(43-33)32(40)21-20-29(37)17-13-15-28(36)16-14-18-30(38)25-27-24-26(2)42-35(27)41/h24,26,28-34,36-40H,3-23,25H2,1-2H3/t26-,28?,29?,30?,31-,32-,33-,34-/m0/s1. The zero-order valence-corrected chi connectivity index (χ0v) is 27.2. The molecule has 252 valence electrons. The van der Waals surface area contributed by atoms with Gasteiger partial charge in [0, 0.05) is 12.0 Å². The summed E-state index contributed by atoms with van der Waals surface area (Å²) in [6, 6.07) is 0. The number of hydrogen-bond donors (Lipinski definition) is 5. The van der Waals surface area contributed by atoms with Crippen LogP contribution in [0.3, 0.4) is 0 Å². The topological polar surface area (TPSA) is 137 Å². The summed E-state index contributed by atoms with van der Waals surface area (Å²) in [5.41, 5.74) is 0.524. The Labute approximate surface area is 261 Å². The van der Waals surface area contributed by atoms with E-state index in [0.29, 0.717) is 56.9 Å². The quantitative estimate of drug-likeness (QED) is 0.0590. The molecule has 8 heteroatoms. The first-order valence-electron chi connectivity index (χ1n) is 17.7. The van der Waals surface area contributed by atoms with Crippen LogP contribution in [0.5, 0.6) is 0 Å². The van der Waals surface area contributed by atoms with Crippen LogP contribution in [0.1, 0.15) is 155 Å². The van der Waals surface area contributed by atoms with E-state index in [1.165, 1.54) is 51.4 Å². The molecule has 1 fully saturated rings. The predicted molar refractivity (Wildman–Crippen MR) is 170 cm³/mol. The van der Waals surface area contributed by atoms with Crippen molar-refractivity contribution in [2.75, 3.05) is 0 Å². The summed E-state index contributed by atoms with van der Waals surface area (Å²) in [7, 11) is 0. The maximum atomic E-state index is 11.7. The molecule has 1 saturated heterocycles. The van der Waals surface area contributed by atoms with E-state index in [-0.39, 0.29) is 30.7 Å². The molecule has 43 heavy (non-hydrogen) atoms. The van der Waals surface area contributed by atoms with Crippen molar-refractivity contribution in [3.63, 3.8) is 0 Å². The lowest BCUT2D eigenvalue weighted by molar-refractivity contribution is -0.139. The molecule has 0 aromatic heterocycles. The first-order chi connectivity index (χ1) is 20.7. The Morgan fingerprint density at radius 3 is 1.67 bits per heavy atom. The molecule has 2 aliphatic heterocycles. The van der Waals surface area contributed by atoms with Crippen LogP contribution in [-0.2, 0) is 14.3 Å². The lowest BCUT2D eigenvalue weighted by atomic mass is 9.98. The van der Waals surface area contributed by atoms with E-state index in [2.05, 4.69) is 6.92 Å². The Bertz CT molecular complexity index is 758. The molecule has 2 heterocycles. The number of esters is 1.